The number of nitrogens with one attached hydrogen (secondary N) is 1. The van der Waals surface area contributed by atoms with E-state index in [4.69, 9.17) is 16.3 Å². The number of para-hydroxylation sites is 1. The van der Waals surface area contributed by atoms with Crippen LogP contribution in [-0.2, 0) is 14.8 Å². The fourth-order valence-electron chi connectivity index (χ4n) is 3.17. The van der Waals surface area contributed by atoms with Gasteiger partial charge in [0, 0.05) is 18.8 Å². The number of nitrogens with zero attached hydrogens (tertiary/aromatic N) is 1. The van der Waals surface area contributed by atoms with E-state index >= 15 is 0 Å². The first-order valence-corrected chi connectivity index (χ1v) is 11.5. The van der Waals surface area contributed by atoms with E-state index in [0.29, 0.717) is 29.5 Å². The maximum absolute atomic E-state index is 12.8. The number of amides is 1. The first-order valence-electron chi connectivity index (χ1n) is 9.70. The van der Waals surface area contributed by atoms with Crippen molar-refractivity contribution in [1.82, 2.24) is 4.31 Å². The summed E-state index contributed by atoms with van der Waals surface area (Å²) in [7, 11) is -3.51. The minimum atomic E-state index is -3.51. The third-order valence-corrected chi connectivity index (χ3v) is 7.06. The summed E-state index contributed by atoms with van der Waals surface area (Å²) in [5, 5.41) is 3.16. The lowest BCUT2D eigenvalue weighted by Gasteiger charge is -2.20. The van der Waals surface area contributed by atoms with Gasteiger partial charge in [-0.2, -0.15) is 4.31 Å². The molecule has 0 aliphatic carbocycles. The van der Waals surface area contributed by atoms with E-state index in [1.807, 2.05) is 0 Å². The highest BCUT2D eigenvalue weighted by Crippen LogP contribution is 2.25. The Hall–Kier alpha value is -2.09. The molecule has 1 aliphatic rings. The molecule has 1 saturated heterocycles. The second-order valence-electron chi connectivity index (χ2n) is 7.02. The van der Waals surface area contributed by atoms with E-state index in [2.05, 4.69) is 5.32 Å². The summed E-state index contributed by atoms with van der Waals surface area (Å²) in [5.41, 5.74) is 0.499. The number of rotatable bonds is 6. The number of sulfonamides is 1. The molecule has 0 aromatic heterocycles. The average molecular weight is 437 g/mol. The number of carbonyl (C=O) groups excluding carboxylic acids is 1. The molecule has 3 rings (SSSR count). The van der Waals surface area contributed by atoms with Crippen molar-refractivity contribution >= 4 is 33.2 Å². The SMILES string of the molecule is C[C@H](Oc1ccccc1Cl)C(=O)Nc1ccc(S(=O)(=O)N2CCCCCC2)cc1. The van der Waals surface area contributed by atoms with Gasteiger partial charge < -0.3 is 10.1 Å². The average Bonchev–Trinajstić information content (AvgIpc) is 3.00. The van der Waals surface area contributed by atoms with Gasteiger partial charge in [-0.25, -0.2) is 8.42 Å². The third-order valence-electron chi connectivity index (χ3n) is 4.83. The molecule has 29 heavy (non-hydrogen) atoms. The Morgan fingerprint density at radius 1 is 1.03 bits per heavy atom. The number of carbonyl (C=O) groups is 1. The summed E-state index contributed by atoms with van der Waals surface area (Å²) < 4.78 is 32.8. The largest absolute Gasteiger partial charge is 0.479 e. The van der Waals surface area contributed by atoms with Crippen molar-refractivity contribution in [3.8, 4) is 5.75 Å². The van der Waals surface area contributed by atoms with Crippen molar-refractivity contribution in [3.63, 3.8) is 0 Å². The van der Waals surface area contributed by atoms with E-state index in [0.717, 1.165) is 25.7 Å². The molecule has 0 bridgehead atoms. The fourth-order valence-corrected chi connectivity index (χ4v) is 4.87. The monoisotopic (exact) mass is 436 g/mol. The van der Waals surface area contributed by atoms with Crippen molar-refractivity contribution in [2.24, 2.45) is 0 Å². The first kappa shape index (κ1) is 21.6. The molecule has 1 N–H and O–H groups in total. The van der Waals surface area contributed by atoms with E-state index in [1.165, 1.54) is 12.1 Å². The summed E-state index contributed by atoms with van der Waals surface area (Å²) in [5.74, 6) is 0.0729. The van der Waals surface area contributed by atoms with Crippen LogP contribution in [0.2, 0.25) is 5.02 Å². The van der Waals surface area contributed by atoms with Crippen LogP contribution in [0.5, 0.6) is 5.75 Å². The fraction of sp³-hybridized carbons (Fsp3) is 0.381. The molecule has 0 unspecified atom stereocenters. The normalized spacial score (nSPS) is 16.6. The van der Waals surface area contributed by atoms with E-state index in [9.17, 15) is 13.2 Å². The van der Waals surface area contributed by atoms with E-state index in [1.54, 1.807) is 47.6 Å². The maximum Gasteiger partial charge on any atom is 0.265 e. The van der Waals surface area contributed by atoms with Gasteiger partial charge in [0.15, 0.2) is 6.10 Å². The number of hydrogen-bond acceptors (Lipinski definition) is 4. The highest BCUT2D eigenvalue weighted by molar-refractivity contribution is 7.89. The van der Waals surface area contributed by atoms with Crippen LogP contribution in [-0.4, -0.2) is 37.8 Å². The van der Waals surface area contributed by atoms with Gasteiger partial charge in [0.1, 0.15) is 5.75 Å². The predicted molar refractivity (Wildman–Crippen MR) is 114 cm³/mol. The summed E-state index contributed by atoms with van der Waals surface area (Å²) in [6.07, 6.45) is 3.12. The predicted octanol–water partition coefficient (Wildman–Crippen LogP) is 4.31. The molecule has 8 heteroatoms. The minimum Gasteiger partial charge on any atom is -0.479 e. The van der Waals surface area contributed by atoms with Crippen molar-refractivity contribution in [1.29, 1.82) is 0 Å². The van der Waals surface area contributed by atoms with Crippen LogP contribution >= 0.6 is 11.6 Å². The van der Waals surface area contributed by atoms with Crippen LogP contribution in [0.4, 0.5) is 5.69 Å². The van der Waals surface area contributed by atoms with E-state index in [-0.39, 0.29) is 10.8 Å². The highest BCUT2D eigenvalue weighted by atomic mass is 35.5. The van der Waals surface area contributed by atoms with Crippen molar-refractivity contribution in [2.45, 2.75) is 43.6 Å². The molecular formula is C21H25ClN2O4S. The van der Waals surface area contributed by atoms with Crippen LogP contribution in [0.25, 0.3) is 0 Å². The highest BCUT2D eigenvalue weighted by Gasteiger charge is 2.25. The summed E-state index contributed by atoms with van der Waals surface area (Å²) in [4.78, 5) is 12.6. The Labute approximate surface area is 176 Å². The quantitative estimate of drug-likeness (QED) is 0.732. The topological polar surface area (TPSA) is 75.7 Å². The minimum absolute atomic E-state index is 0.234. The molecule has 0 spiro atoms. The molecular weight excluding hydrogens is 412 g/mol. The number of halogens is 1. The zero-order valence-corrected chi connectivity index (χ0v) is 17.9. The van der Waals surface area contributed by atoms with Gasteiger partial charge in [-0.1, -0.05) is 36.6 Å². The summed E-state index contributed by atoms with van der Waals surface area (Å²) in [6.45, 7) is 2.73. The molecule has 0 radical (unpaired) electrons. The number of anilines is 1. The van der Waals surface area contributed by atoms with Crippen LogP contribution in [0.15, 0.2) is 53.4 Å². The van der Waals surface area contributed by atoms with Gasteiger partial charge in [0.2, 0.25) is 10.0 Å². The number of hydrogen-bond donors (Lipinski definition) is 1. The molecule has 1 atom stereocenters. The summed E-state index contributed by atoms with van der Waals surface area (Å²) >= 11 is 6.05. The molecule has 1 aliphatic heterocycles. The number of benzene rings is 2. The van der Waals surface area contributed by atoms with Crippen molar-refractivity contribution in [2.75, 3.05) is 18.4 Å². The Kier molecular flexibility index (Phi) is 7.16. The zero-order chi connectivity index (χ0) is 20.9. The summed E-state index contributed by atoms with van der Waals surface area (Å²) in [6, 6.07) is 13.1. The first-order chi connectivity index (χ1) is 13.9. The molecule has 6 nitrogen and oxygen atoms in total. The lowest BCUT2D eigenvalue weighted by atomic mass is 10.2. The van der Waals surface area contributed by atoms with Crippen LogP contribution in [0.3, 0.4) is 0 Å². The van der Waals surface area contributed by atoms with Gasteiger partial charge in [0.05, 0.1) is 9.92 Å². The molecule has 2 aromatic carbocycles. The Bertz CT molecular complexity index is 939. The molecule has 0 saturated carbocycles. The second kappa shape index (κ2) is 9.61. The van der Waals surface area contributed by atoms with Crippen LogP contribution < -0.4 is 10.1 Å². The Balaban J connectivity index is 1.63. The van der Waals surface area contributed by atoms with Gasteiger partial charge in [0.25, 0.3) is 5.91 Å². The Morgan fingerprint density at radius 2 is 1.66 bits per heavy atom. The lowest BCUT2D eigenvalue weighted by Crippen LogP contribution is -2.32. The van der Waals surface area contributed by atoms with Gasteiger partial charge >= 0.3 is 0 Å². The lowest BCUT2D eigenvalue weighted by molar-refractivity contribution is -0.122. The maximum atomic E-state index is 12.8. The van der Waals surface area contributed by atoms with Crippen LogP contribution in [0, 0.1) is 0 Å². The van der Waals surface area contributed by atoms with Gasteiger partial charge in [-0.05, 0) is 56.2 Å². The molecule has 156 valence electrons. The molecule has 1 fully saturated rings. The molecule has 1 amide bonds. The second-order valence-corrected chi connectivity index (χ2v) is 9.37. The molecule has 1 heterocycles. The van der Waals surface area contributed by atoms with E-state index < -0.39 is 16.1 Å². The van der Waals surface area contributed by atoms with Crippen molar-refractivity contribution < 1.29 is 17.9 Å². The van der Waals surface area contributed by atoms with Crippen LogP contribution in [0.1, 0.15) is 32.6 Å². The van der Waals surface area contributed by atoms with Crippen molar-refractivity contribution in [3.05, 3.63) is 53.6 Å². The smallest absolute Gasteiger partial charge is 0.265 e. The number of ether oxygens (including phenoxy) is 1. The standard InChI is InChI=1S/C21H25ClN2O4S/c1-16(28-20-9-5-4-8-19(20)22)21(25)23-17-10-12-18(13-11-17)29(26,27)24-14-6-2-3-7-15-24/h4-5,8-13,16H,2-3,6-7,14-15H2,1H3,(H,23,25)/t16-/m0/s1. The Morgan fingerprint density at radius 3 is 2.28 bits per heavy atom. The molecule has 2 aromatic rings. The van der Waals surface area contributed by atoms with Gasteiger partial charge in [-0.15, -0.1) is 0 Å². The third kappa shape index (κ3) is 5.50. The van der Waals surface area contributed by atoms with Gasteiger partial charge in [-0.3, -0.25) is 4.79 Å². The zero-order valence-electron chi connectivity index (χ0n) is 16.3.